The monoisotopic (exact) mass is 473 g/mol. The molecule has 0 bridgehead atoms. The van der Waals surface area contributed by atoms with Crippen molar-refractivity contribution in [3.8, 4) is 0 Å². The highest BCUT2D eigenvalue weighted by molar-refractivity contribution is 7.92. The van der Waals surface area contributed by atoms with Crippen LogP contribution in [0, 0.1) is 0 Å². The molecule has 0 aliphatic heterocycles. The maximum atomic E-state index is 12.7. The first-order valence-electron chi connectivity index (χ1n) is 9.61. The van der Waals surface area contributed by atoms with Crippen LogP contribution in [0.4, 0.5) is 11.4 Å². The first kappa shape index (κ1) is 23.3. The smallest absolute Gasteiger partial charge is 0.261 e. The van der Waals surface area contributed by atoms with E-state index in [0.29, 0.717) is 16.9 Å². The van der Waals surface area contributed by atoms with Gasteiger partial charge in [0.15, 0.2) is 0 Å². The van der Waals surface area contributed by atoms with Crippen LogP contribution >= 0.6 is 0 Å². The Labute approximate surface area is 187 Å². The molecule has 0 unspecified atom stereocenters. The number of amides is 1. The molecule has 1 atom stereocenters. The number of carbonyl (C=O) groups is 1. The number of anilines is 2. The predicted molar refractivity (Wildman–Crippen MR) is 124 cm³/mol. The van der Waals surface area contributed by atoms with Crippen LogP contribution in [-0.2, 0) is 20.0 Å². The maximum absolute atomic E-state index is 12.7. The third-order valence-electron chi connectivity index (χ3n) is 4.52. The largest absolute Gasteiger partial charge is 0.345 e. The molecule has 8 nitrogen and oxygen atoms in total. The van der Waals surface area contributed by atoms with Gasteiger partial charge in [-0.2, -0.15) is 0 Å². The molecule has 3 aromatic rings. The van der Waals surface area contributed by atoms with Crippen molar-refractivity contribution >= 4 is 37.3 Å². The Morgan fingerprint density at radius 2 is 1.38 bits per heavy atom. The molecule has 1 amide bonds. The minimum absolute atomic E-state index is 0.0219. The van der Waals surface area contributed by atoms with Gasteiger partial charge in [0.2, 0.25) is 10.0 Å². The average molecular weight is 474 g/mol. The zero-order valence-corrected chi connectivity index (χ0v) is 19.1. The van der Waals surface area contributed by atoms with Crippen LogP contribution in [0.2, 0.25) is 0 Å². The summed E-state index contributed by atoms with van der Waals surface area (Å²) < 4.78 is 53.2. The van der Waals surface area contributed by atoms with Gasteiger partial charge in [-0.05, 0) is 55.0 Å². The second kappa shape index (κ2) is 9.41. The standard InChI is InChI=1S/C22H23N3O5S2/c1-16(20-10-6-7-11-21(20)25-31(2,27)28)23-22(26)17-12-14-19(15-13-17)32(29,30)24-18-8-4-3-5-9-18/h3-16,24-25H,1-2H3,(H,23,26)/t16-/m0/s1. The van der Waals surface area contributed by atoms with E-state index >= 15 is 0 Å². The number of nitrogens with one attached hydrogen (secondary N) is 3. The Hall–Kier alpha value is -3.37. The fourth-order valence-corrected chi connectivity index (χ4v) is 4.67. The summed E-state index contributed by atoms with van der Waals surface area (Å²) in [5, 5.41) is 2.80. The molecule has 0 heterocycles. The minimum atomic E-state index is -3.79. The summed E-state index contributed by atoms with van der Waals surface area (Å²) >= 11 is 0. The zero-order valence-electron chi connectivity index (χ0n) is 17.4. The summed E-state index contributed by atoms with van der Waals surface area (Å²) in [6.07, 6.45) is 1.05. The number of para-hydroxylation sites is 2. The van der Waals surface area contributed by atoms with Crippen molar-refractivity contribution in [1.82, 2.24) is 5.32 Å². The van der Waals surface area contributed by atoms with Crippen LogP contribution in [0.3, 0.4) is 0 Å². The third kappa shape index (κ3) is 6.08. The fourth-order valence-electron chi connectivity index (χ4n) is 3.03. The summed E-state index contributed by atoms with van der Waals surface area (Å²) in [6, 6.07) is 20.3. The lowest BCUT2D eigenvalue weighted by atomic mass is 10.1. The number of hydrogen-bond acceptors (Lipinski definition) is 5. The van der Waals surface area contributed by atoms with E-state index in [0.717, 1.165) is 6.26 Å². The lowest BCUT2D eigenvalue weighted by molar-refractivity contribution is 0.0940. The van der Waals surface area contributed by atoms with Crippen LogP contribution in [-0.4, -0.2) is 29.0 Å². The molecule has 0 aromatic heterocycles. The molecular formula is C22H23N3O5S2. The molecule has 10 heteroatoms. The first-order valence-corrected chi connectivity index (χ1v) is 13.0. The molecule has 0 saturated carbocycles. The van der Waals surface area contributed by atoms with E-state index in [2.05, 4.69) is 14.8 Å². The van der Waals surface area contributed by atoms with E-state index < -0.39 is 32.0 Å². The van der Waals surface area contributed by atoms with Crippen molar-refractivity contribution in [2.24, 2.45) is 0 Å². The number of benzene rings is 3. The first-order chi connectivity index (χ1) is 15.0. The molecule has 3 rings (SSSR count). The van der Waals surface area contributed by atoms with E-state index in [1.165, 1.54) is 24.3 Å². The molecule has 0 spiro atoms. The summed E-state index contributed by atoms with van der Waals surface area (Å²) in [4.78, 5) is 12.7. The van der Waals surface area contributed by atoms with Crippen molar-refractivity contribution in [3.63, 3.8) is 0 Å². The Morgan fingerprint density at radius 1 is 0.781 bits per heavy atom. The summed E-state index contributed by atoms with van der Waals surface area (Å²) in [7, 11) is -7.27. The predicted octanol–water partition coefficient (Wildman–Crippen LogP) is 3.35. The van der Waals surface area contributed by atoms with Crippen molar-refractivity contribution < 1.29 is 21.6 Å². The lowest BCUT2D eigenvalue weighted by Gasteiger charge is -2.18. The molecule has 0 aliphatic rings. The van der Waals surface area contributed by atoms with Gasteiger partial charge in [0.25, 0.3) is 15.9 Å². The van der Waals surface area contributed by atoms with Gasteiger partial charge >= 0.3 is 0 Å². The van der Waals surface area contributed by atoms with E-state index in [1.807, 2.05) is 0 Å². The van der Waals surface area contributed by atoms with Crippen LogP contribution < -0.4 is 14.8 Å². The average Bonchev–Trinajstić information content (AvgIpc) is 2.73. The molecule has 0 fully saturated rings. The van der Waals surface area contributed by atoms with Gasteiger partial charge < -0.3 is 5.32 Å². The number of rotatable bonds is 8. The van der Waals surface area contributed by atoms with Gasteiger partial charge in [-0.15, -0.1) is 0 Å². The Morgan fingerprint density at radius 3 is 2.00 bits per heavy atom. The van der Waals surface area contributed by atoms with Crippen molar-refractivity contribution in [3.05, 3.63) is 90.0 Å². The van der Waals surface area contributed by atoms with Crippen LogP contribution in [0.15, 0.2) is 83.8 Å². The number of sulfonamides is 2. The molecule has 0 saturated heterocycles. The van der Waals surface area contributed by atoms with Crippen molar-refractivity contribution in [2.45, 2.75) is 17.9 Å². The molecule has 32 heavy (non-hydrogen) atoms. The fraction of sp³-hybridized carbons (Fsp3) is 0.136. The van der Waals surface area contributed by atoms with Gasteiger partial charge in [0.1, 0.15) is 0 Å². The second-order valence-electron chi connectivity index (χ2n) is 7.15. The van der Waals surface area contributed by atoms with Gasteiger partial charge in [-0.25, -0.2) is 16.8 Å². The summed E-state index contributed by atoms with van der Waals surface area (Å²) in [5.41, 5.74) is 1.67. The topological polar surface area (TPSA) is 121 Å². The second-order valence-corrected chi connectivity index (χ2v) is 10.6. The molecular weight excluding hydrogens is 450 g/mol. The van der Waals surface area contributed by atoms with E-state index in [1.54, 1.807) is 61.5 Å². The number of hydrogen-bond donors (Lipinski definition) is 3. The zero-order chi connectivity index (χ0) is 23.4. The SMILES string of the molecule is C[C@H](NC(=O)c1ccc(S(=O)(=O)Nc2ccccc2)cc1)c1ccccc1NS(C)(=O)=O. The quantitative estimate of drug-likeness (QED) is 0.463. The van der Waals surface area contributed by atoms with Gasteiger partial charge in [-0.3, -0.25) is 14.2 Å². The van der Waals surface area contributed by atoms with Crippen LogP contribution in [0.1, 0.15) is 28.9 Å². The summed E-state index contributed by atoms with van der Waals surface area (Å²) in [6.45, 7) is 1.73. The highest BCUT2D eigenvalue weighted by atomic mass is 32.2. The van der Waals surface area contributed by atoms with E-state index in [4.69, 9.17) is 0 Å². The Balaban J connectivity index is 1.73. The van der Waals surface area contributed by atoms with Gasteiger partial charge in [-0.1, -0.05) is 36.4 Å². The molecule has 0 aliphatic carbocycles. The maximum Gasteiger partial charge on any atom is 0.261 e. The summed E-state index contributed by atoms with van der Waals surface area (Å²) in [5.74, 6) is -0.424. The molecule has 3 aromatic carbocycles. The van der Waals surface area contributed by atoms with Crippen molar-refractivity contribution in [2.75, 3.05) is 15.7 Å². The highest BCUT2D eigenvalue weighted by Gasteiger charge is 2.18. The molecule has 3 N–H and O–H groups in total. The van der Waals surface area contributed by atoms with Gasteiger partial charge in [0.05, 0.1) is 22.9 Å². The van der Waals surface area contributed by atoms with Crippen molar-refractivity contribution in [1.29, 1.82) is 0 Å². The van der Waals surface area contributed by atoms with E-state index in [-0.39, 0.29) is 10.5 Å². The molecule has 168 valence electrons. The number of carbonyl (C=O) groups excluding carboxylic acids is 1. The van der Waals surface area contributed by atoms with Crippen LogP contribution in [0.25, 0.3) is 0 Å². The minimum Gasteiger partial charge on any atom is -0.345 e. The Kier molecular flexibility index (Phi) is 6.85. The molecule has 0 radical (unpaired) electrons. The third-order valence-corrected chi connectivity index (χ3v) is 6.51. The highest BCUT2D eigenvalue weighted by Crippen LogP contribution is 2.24. The van der Waals surface area contributed by atoms with Crippen LogP contribution in [0.5, 0.6) is 0 Å². The van der Waals surface area contributed by atoms with Gasteiger partial charge in [0, 0.05) is 11.3 Å². The lowest BCUT2D eigenvalue weighted by Crippen LogP contribution is -2.27. The Bertz CT molecular complexity index is 1310. The normalized spacial score (nSPS) is 12.6. The van der Waals surface area contributed by atoms with E-state index in [9.17, 15) is 21.6 Å².